The van der Waals surface area contributed by atoms with Gasteiger partial charge in [-0.2, -0.15) is 0 Å². The predicted molar refractivity (Wildman–Crippen MR) is 77.7 cm³/mol. The minimum Gasteiger partial charge on any atom is -0.323 e. The zero-order valence-corrected chi connectivity index (χ0v) is 10.7. The normalized spacial score (nSPS) is 10.4. The molecule has 1 amide bonds. The molecule has 0 saturated heterocycles. The van der Waals surface area contributed by atoms with Crippen LogP contribution in [-0.2, 0) is 4.79 Å². The van der Waals surface area contributed by atoms with Crippen molar-refractivity contribution in [2.24, 2.45) is 0 Å². The predicted octanol–water partition coefficient (Wildman–Crippen LogP) is 2.55. The third kappa shape index (κ3) is 2.16. The van der Waals surface area contributed by atoms with Crippen molar-refractivity contribution in [1.82, 2.24) is 15.0 Å². The molecule has 0 bridgehead atoms. The zero-order chi connectivity index (χ0) is 13.9. The molecule has 0 radical (unpaired) electrons. The summed E-state index contributed by atoms with van der Waals surface area (Å²) in [5.74, 6) is -0.232. The minimum atomic E-state index is -0.232. The van der Waals surface area contributed by atoms with Crippen molar-refractivity contribution in [3.8, 4) is 5.69 Å². The first-order valence-corrected chi connectivity index (χ1v) is 6.12. The number of carbonyl (C=O) groups excluding carboxylic acids is 1. The van der Waals surface area contributed by atoms with Crippen LogP contribution in [0.1, 0.15) is 0 Å². The Morgan fingerprint density at radius 2 is 1.90 bits per heavy atom. The molecule has 5 nitrogen and oxygen atoms in total. The smallest absolute Gasteiger partial charge is 0.247 e. The Morgan fingerprint density at radius 3 is 2.65 bits per heavy atom. The molecule has 1 heterocycles. The topological polar surface area (TPSA) is 59.8 Å². The molecule has 98 valence electrons. The van der Waals surface area contributed by atoms with Crippen LogP contribution in [0.3, 0.4) is 0 Å². The summed E-state index contributed by atoms with van der Waals surface area (Å²) in [4.78, 5) is 11.2. The lowest BCUT2D eigenvalue weighted by molar-refractivity contribution is -0.111. The first kappa shape index (κ1) is 12.1. The van der Waals surface area contributed by atoms with Gasteiger partial charge in [0.1, 0.15) is 5.52 Å². The van der Waals surface area contributed by atoms with Gasteiger partial charge in [0, 0.05) is 5.69 Å². The number of benzene rings is 2. The van der Waals surface area contributed by atoms with Gasteiger partial charge in [-0.15, -0.1) is 5.10 Å². The number of amides is 1. The molecule has 20 heavy (non-hydrogen) atoms. The molecule has 0 aliphatic rings. The Kier molecular flexibility index (Phi) is 3.01. The largest absolute Gasteiger partial charge is 0.323 e. The van der Waals surface area contributed by atoms with E-state index < -0.39 is 0 Å². The molecule has 1 N–H and O–H groups in total. The van der Waals surface area contributed by atoms with Crippen molar-refractivity contribution in [2.75, 3.05) is 5.32 Å². The molecular formula is C15H12N4O. The molecule has 0 fully saturated rings. The van der Waals surface area contributed by atoms with Crippen molar-refractivity contribution in [1.29, 1.82) is 0 Å². The van der Waals surface area contributed by atoms with Crippen LogP contribution in [-0.4, -0.2) is 20.9 Å². The van der Waals surface area contributed by atoms with Crippen LogP contribution in [0.5, 0.6) is 0 Å². The van der Waals surface area contributed by atoms with Gasteiger partial charge in [-0.1, -0.05) is 23.9 Å². The molecule has 0 aliphatic carbocycles. The summed E-state index contributed by atoms with van der Waals surface area (Å²) in [6.07, 6.45) is 1.23. The van der Waals surface area contributed by atoms with Crippen LogP contribution >= 0.6 is 0 Å². The summed E-state index contributed by atoms with van der Waals surface area (Å²) >= 11 is 0. The fourth-order valence-electron chi connectivity index (χ4n) is 1.94. The van der Waals surface area contributed by atoms with Crippen molar-refractivity contribution >= 4 is 22.6 Å². The van der Waals surface area contributed by atoms with Crippen molar-refractivity contribution in [3.63, 3.8) is 0 Å². The molecule has 0 spiro atoms. The fraction of sp³-hybridized carbons (Fsp3) is 0. The van der Waals surface area contributed by atoms with Crippen LogP contribution in [0, 0.1) is 0 Å². The molecule has 1 aromatic heterocycles. The second-order valence-electron chi connectivity index (χ2n) is 4.23. The average molecular weight is 264 g/mol. The lowest BCUT2D eigenvalue weighted by atomic mass is 10.2. The van der Waals surface area contributed by atoms with Crippen LogP contribution in [0.4, 0.5) is 5.69 Å². The standard InChI is InChI=1S/C15H12N4O/c1-2-15(20)16-11-7-9-12(10-8-11)19-14-6-4-3-5-13(14)17-18-19/h2-10H,1H2,(H,16,20). The van der Waals surface area contributed by atoms with E-state index in [9.17, 15) is 4.79 Å². The highest BCUT2D eigenvalue weighted by molar-refractivity contribution is 5.98. The van der Waals surface area contributed by atoms with Gasteiger partial charge in [-0.05, 0) is 42.5 Å². The van der Waals surface area contributed by atoms with Gasteiger partial charge in [0.15, 0.2) is 0 Å². The van der Waals surface area contributed by atoms with E-state index in [1.54, 1.807) is 4.68 Å². The summed E-state index contributed by atoms with van der Waals surface area (Å²) in [7, 11) is 0. The number of anilines is 1. The lowest BCUT2D eigenvalue weighted by Gasteiger charge is -2.05. The van der Waals surface area contributed by atoms with Gasteiger partial charge in [0.05, 0.1) is 11.2 Å². The number of hydrogen-bond donors (Lipinski definition) is 1. The third-order valence-corrected chi connectivity index (χ3v) is 2.92. The second-order valence-corrected chi connectivity index (χ2v) is 4.23. The fourth-order valence-corrected chi connectivity index (χ4v) is 1.94. The van der Waals surface area contributed by atoms with Gasteiger partial charge in [0.2, 0.25) is 5.91 Å². The van der Waals surface area contributed by atoms with Crippen LogP contribution in [0.25, 0.3) is 16.7 Å². The van der Waals surface area contributed by atoms with Gasteiger partial charge in [-0.3, -0.25) is 4.79 Å². The quantitative estimate of drug-likeness (QED) is 0.739. The molecular weight excluding hydrogens is 252 g/mol. The van der Waals surface area contributed by atoms with Gasteiger partial charge < -0.3 is 5.32 Å². The van der Waals surface area contributed by atoms with Gasteiger partial charge >= 0.3 is 0 Å². The zero-order valence-electron chi connectivity index (χ0n) is 10.7. The molecule has 3 rings (SSSR count). The number of aromatic nitrogens is 3. The number of carbonyl (C=O) groups is 1. The number of para-hydroxylation sites is 1. The minimum absolute atomic E-state index is 0.232. The summed E-state index contributed by atoms with van der Waals surface area (Å²) in [6, 6.07) is 15.1. The highest BCUT2D eigenvalue weighted by Crippen LogP contribution is 2.17. The van der Waals surface area contributed by atoms with Crippen molar-refractivity contribution < 1.29 is 4.79 Å². The van der Waals surface area contributed by atoms with E-state index in [4.69, 9.17) is 0 Å². The monoisotopic (exact) mass is 264 g/mol. The van der Waals surface area contributed by atoms with Crippen LogP contribution in [0.15, 0.2) is 61.2 Å². The Balaban J connectivity index is 1.95. The van der Waals surface area contributed by atoms with Crippen LogP contribution < -0.4 is 5.32 Å². The summed E-state index contributed by atoms with van der Waals surface area (Å²) in [5.41, 5.74) is 3.38. The Bertz CT molecular complexity index is 774. The maximum absolute atomic E-state index is 11.2. The van der Waals surface area contributed by atoms with Crippen molar-refractivity contribution in [3.05, 3.63) is 61.2 Å². The number of nitrogens with zero attached hydrogens (tertiary/aromatic N) is 3. The first-order valence-electron chi connectivity index (χ1n) is 6.12. The maximum Gasteiger partial charge on any atom is 0.247 e. The number of nitrogens with one attached hydrogen (secondary N) is 1. The molecule has 0 atom stereocenters. The SMILES string of the molecule is C=CC(=O)Nc1ccc(-n2nnc3ccccc32)cc1. The highest BCUT2D eigenvalue weighted by Gasteiger charge is 2.05. The number of fused-ring (bicyclic) bond motifs is 1. The second kappa shape index (κ2) is 4.97. The summed E-state index contributed by atoms with van der Waals surface area (Å²) in [5, 5.41) is 10.9. The molecule has 2 aromatic carbocycles. The molecule has 0 saturated carbocycles. The third-order valence-electron chi connectivity index (χ3n) is 2.92. The first-order chi connectivity index (χ1) is 9.78. The van der Waals surface area contributed by atoms with Crippen LogP contribution in [0.2, 0.25) is 0 Å². The molecule has 0 aliphatic heterocycles. The van der Waals surface area contributed by atoms with Gasteiger partial charge in [0.25, 0.3) is 0 Å². The lowest BCUT2D eigenvalue weighted by Crippen LogP contribution is -2.07. The summed E-state index contributed by atoms with van der Waals surface area (Å²) in [6.45, 7) is 3.41. The highest BCUT2D eigenvalue weighted by atomic mass is 16.1. The van der Waals surface area contributed by atoms with E-state index in [2.05, 4.69) is 22.2 Å². The Hall–Kier alpha value is -2.95. The van der Waals surface area contributed by atoms with E-state index in [0.717, 1.165) is 16.7 Å². The van der Waals surface area contributed by atoms with E-state index in [1.807, 2.05) is 48.5 Å². The Labute approximate surface area is 115 Å². The van der Waals surface area contributed by atoms with E-state index in [-0.39, 0.29) is 5.91 Å². The van der Waals surface area contributed by atoms with E-state index in [0.29, 0.717) is 5.69 Å². The molecule has 0 unspecified atom stereocenters. The number of hydrogen-bond acceptors (Lipinski definition) is 3. The average Bonchev–Trinajstić information content (AvgIpc) is 2.92. The molecule has 3 aromatic rings. The van der Waals surface area contributed by atoms with Gasteiger partial charge in [-0.25, -0.2) is 4.68 Å². The Morgan fingerprint density at radius 1 is 1.15 bits per heavy atom. The summed E-state index contributed by atoms with van der Waals surface area (Å²) < 4.78 is 1.76. The number of rotatable bonds is 3. The van der Waals surface area contributed by atoms with Crippen molar-refractivity contribution in [2.45, 2.75) is 0 Å². The van der Waals surface area contributed by atoms with E-state index in [1.165, 1.54) is 6.08 Å². The maximum atomic E-state index is 11.2. The molecule has 5 heteroatoms. The van der Waals surface area contributed by atoms with E-state index >= 15 is 0 Å².